The molecule has 0 fully saturated rings. The molecule has 1 aliphatic rings. The second-order valence-corrected chi connectivity index (χ2v) is 24.3. The quantitative estimate of drug-likeness (QED) is 0.0260. The van der Waals surface area contributed by atoms with E-state index in [1.165, 1.54) is 18.2 Å². The molecule has 0 bridgehead atoms. The monoisotopic (exact) mass is 1140 g/mol. The summed E-state index contributed by atoms with van der Waals surface area (Å²) in [5, 5.41) is 12.3. The molecule has 2 aromatic rings. The maximum atomic E-state index is 14.2. The summed E-state index contributed by atoms with van der Waals surface area (Å²) in [5.41, 5.74) is 25.3. The van der Waals surface area contributed by atoms with Crippen LogP contribution in [0.2, 0.25) is 0 Å². The summed E-state index contributed by atoms with van der Waals surface area (Å²) in [6.45, 7) is 18.8. The first-order valence-corrected chi connectivity index (χ1v) is 29.3. The van der Waals surface area contributed by atoms with Crippen LogP contribution in [-0.4, -0.2) is 140 Å². The van der Waals surface area contributed by atoms with Crippen LogP contribution in [0.25, 0.3) is 0 Å². The van der Waals surface area contributed by atoms with Gasteiger partial charge in [-0.05, 0) is 99.4 Å². The predicted octanol–water partition coefficient (Wildman–Crippen LogP) is 4.07. The molecule has 9 atom stereocenters. The number of urea groups is 1. The molecule has 13 N–H and O–H groups in total. The Morgan fingerprint density at radius 3 is 1.94 bits per heavy atom. The molecule has 5 amide bonds. The first kappa shape index (κ1) is 68.8. The minimum Gasteiger partial charge on any atom is -0.379 e. The average molecular weight is 1140 g/mol. The standard InChI is InChI=1S/C58H94N10O11S/c1-37(2)42(53(64-11)43(57(7,8)9)25-27-58(62,36-63-10)41-19-13-12-14-20-41)34-40(6)55(73)67-80(75,76)46-22-16-15-21-44(46)66-47(68-48(70)23-24-49(68)71)35-79-33-32-78-31-30-77-29-26-45(69)52(60)50(38(3)4)54(72)51(59)39(5)18-17-28-65-56(61)74/h12-16,19-24,34,37-39,42-43,47,50-53,63-64,66H,17-18,25-33,35-36,59-60,62H2,1-11H3,(H,67,73)(H3,61,65,74)/b40-34+/t39-,42+,43+,47?,50-,51?,52?,53?,58+/m0/s1. The number of amides is 5. The lowest BCUT2D eigenvalue weighted by Crippen LogP contribution is -2.51. The number of ether oxygens (including phenoxy) is 3. The van der Waals surface area contributed by atoms with E-state index in [9.17, 15) is 37.2 Å². The third-order valence-electron chi connectivity index (χ3n) is 14.9. The molecule has 0 saturated carbocycles. The Bertz CT molecular complexity index is 2490. The maximum Gasteiger partial charge on any atom is 0.312 e. The van der Waals surface area contributed by atoms with Crippen LogP contribution in [0.3, 0.4) is 0 Å². The number of anilines is 1. The molecule has 0 spiro atoms. The lowest BCUT2D eigenvalue weighted by atomic mass is 9.66. The number of hydrogen-bond donors (Lipinski definition) is 9. The van der Waals surface area contributed by atoms with Gasteiger partial charge in [-0.1, -0.05) is 104 Å². The van der Waals surface area contributed by atoms with Gasteiger partial charge in [0.25, 0.3) is 27.7 Å². The zero-order valence-corrected chi connectivity index (χ0v) is 49.9. The van der Waals surface area contributed by atoms with Gasteiger partial charge in [-0.3, -0.25) is 28.9 Å². The molecule has 0 radical (unpaired) electrons. The lowest BCUT2D eigenvalue weighted by Gasteiger charge is -2.43. The number of para-hydroxylation sites is 1. The number of nitrogens with two attached hydrogens (primary N) is 4. The third-order valence-corrected chi connectivity index (χ3v) is 16.3. The van der Waals surface area contributed by atoms with Crippen molar-refractivity contribution in [2.45, 2.75) is 129 Å². The van der Waals surface area contributed by atoms with E-state index in [4.69, 9.17) is 37.1 Å². The Kier molecular flexibility index (Phi) is 28.3. The van der Waals surface area contributed by atoms with Gasteiger partial charge < -0.3 is 58.4 Å². The molecular formula is C58H94N10O11S. The molecule has 2 aromatic carbocycles. The molecule has 22 heteroatoms. The zero-order chi connectivity index (χ0) is 60.0. The number of carbonyl (C=O) groups excluding carboxylic acids is 6. The third kappa shape index (κ3) is 20.8. The van der Waals surface area contributed by atoms with Gasteiger partial charge in [-0.15, -0.1) is 0 Å². The normalized spacial score (nSPS) is 17.1. The van der Waals surface area contributed by atoms with E-state index >= 15 is 0 Å². The lowest BCUT2D eigenvalue weighted by molar-refractivity contribution is -0.140. The Morgan fingerprint density at radius 2 is 1.38 bits per heavy atom. The zero-order valence-electron chi connectivity index (χ0n) is 49.0. The molecule has 448 valence electrons. The highest BCUT2D eigenvalue weighted by molar-refractivity contribution is 7.90. The van der Waals surface area contributed by atoms with E-state index in [1.54, 1.807) is 13.0 Å². The fourth-order valence-corrected chi connectivity index (χ4v) is 11.5. The Labute approximate surface area is 475 Å². The largest absolute Gasteiger partial charge is 0.379 e. The molecule has 3 rings (SSSR count). The van der Waals surface area contributed by atoms with Crippen LogP contribution < -0.4 is 48.9 Å². The molecule has 0 aromatic heterocycles. The van der Waals surface area contributed by atoms with Gasteiger partial charge in [0, 0.05) is 49.2 Å². The summed E-state index contributed by atoms with van der Waals surface area (Å²) in [7, 11) is -0.759. The Morgan fingerprint density at radius 1 is 0.787 bits per heavy atom. The summed E-state index contributed by atoms with van der Waals surface area (Å²) in [6.07, 6.45) is 5.42. The van der Waals surface area contributed by atoms with Crippen molar-refractivity contribution in [2.75, 3.05) is 72.1 Å². The SMILES string of the molecule is CNC[C@](N)(CC[C@H](C(NC)[C@H](/C=C(\C)C(=O)NS(=O)(=O)c1ccccc1NC(COCCOCCOCCC(=O)C(N)[C@@H](C(=O)C(N)[C@@H](C)CCCNC(N)=O)C(C)C)N1C(=O)C=CC1=O)C(C)C)C(C)(C)C)c1ccccc1. The van der Waals surface area contributed by atoms with Crippen molar-refractivity contribution in [3.63, 3.8) is 0 Å². The van der Waals surface area contributed by atoms with E-state index in [0.29, 0.717) is 32.4 Å². The minimum atomic E-state index is -4.55. The number of carbonyl (C=O) groups is 6. The van der Waals surface area contributed by atoms with E-state index in [2.05, 4.69) is 60.6 Å². The van der Waals surface area contributed by atoms with Gasteiger partial charge in [0.15, 0.2) is 11.6 Å². The van der Waals surface area contributed by atoms with E-state index in [-0.39, 0.29) is 115 Å². The molecule has 0 aliphatic carbocycles. The number of ketones is 2. The summed E-state index contributed by atoms with van der Waals surface area (Å²) in [6, 6.07) is 13.2. The average Bonchev–Trinajstić information content (AvgIpc) is 3.75. The minimum absolute atomic E-state index is 0.00378. The number of Topliss-reactive ketones (excluding diaryl/α,β-unsaturated/α-hetero) is 2. The summed E-state index contributed by atoms with van der Waals surface area (Å²) in [5.74, 6) is -4.06. The molecule has 80 heavy (non-hydrogen) atoms. The van der Waals surface area contributed by atoms with Gasteiger partial charge in [-0.2, -0.15) is 0 Å². The van der Waals surface area contributed by atoms with E-state index in [0.717, 1.165) is 29.0 Å². The highest BCUT2D eigenvalue weighted by atomic mass is 32.2. The van der Waals surface area contributed by atoms with Gasteiger partial charge in [-0.25, -0.2) is 17.9 Å². The van der Waals surface area contributed by atoms with E-state index in [1.807, 2.05) is 71.3 Å². The Hall–Kier alpha value is -5.43. The molecule has 0 saturated heterocycles. The van der Waals surface area contributed by atoms with Crippen molar-refractivity contribution in [1.82, 2.24) is 25.6 Å². The van der Waals surface area contributed by atoms with Gasteiger partial charge >= 0.3 is 6.03 Å². The van der Waals surface area contributed by atoms with Crippen molar-refractivity contribution in [2.24, 2.45) is 63.9 Å². The number of nitrogens with zero attached hydrogens (tertiary/aromatic N) is 1. The number of sulfonamides is 1. The van der Waals surface area contributed by atoms with Crippen molar-refractivity contribution in [3.05, 3.63) is 84.0 Å². The smallest absolute Gasteiger partial charge is 0.312 e. The number of hydrogen-bond acceptors (Lipinski definition) is 17. The fraction of sp³-hybridized carbons (Fsp3) is 0.621. The second kappa shape index (κ2) is 32.9. The van der Waals surface area contributed by atoms with Crippen molar-refractivity contribution in [3.8, 4) is 0 Å². The first-order chi connectivity index (χ1) is 37.6. The van der Waals surface area contributed by atoms with Crippen molar-refractivity contribution >= 4 is 51.0 Å². The molecule has 1 heterocycles. The number of primary amides is 1. The first-order valence-electron chi connectivity index (χ1n) is 27.8. The topological polar surface area (TPSA) is 332 Å². The van der Waals surface area contributed by atoms with Crippen LogP contribution in [0.5, 0.6) is 0 Å². The van der Waals surface area contributed by atoms with Gasteiger partial charge in [0.2, 0.25) is 0 Å². The van der Waals surface area contributed by atoms with Crippen LogP contribution in [0.1, 0.15) is 100.0 Å². The van der Waals surface area contributed by atoms with Crippen LogP contribution in [0.4, 0.5) is 10.5 Å². The fourth-order valence-electron chi connectivity index (χ4n) is 10.3. The number of imide groups is 1. The molecule has 21 nitrogen and oxygen atoms in total. The van der Waals surface area contributed by atoms with Crippen LogP contribution in [0.15, 0.2) is 83.3 Å². The summed E-state index contributed by atoms with van der Waals surface area (Å²) >= 11 is 0. The predicted molar refractivity (Wildman–Crippen MR) is 311 cm³/mol. The highest BCUT2D eigenvalue weighted by Crippen LogP contribution is 2.40. The van der Waals surface area contributed by atoms with Crippen LogP contribution in [0, 0.1) is 40.9 Å². The number of benzene rings is 2. The van der Waals surface area contributed by atoms with Crippen molar-refractivity contribution < 1.29 is 51.4 Å². The van der Waals surface area contributed by atoms with Gasteiger partial charge in [0.1, 0.15) is 11.1 Å². The van der Waals surface area contributed by atoms with Crippen LogP contribution in [-0.2, 0) is 53.7 Å². The molecule has 1 aliphatic heterocycles. The van der Waals surface area contributed by atoms with Crippen LogP contribution >= 0.6 is 0 Å². The highest BCUT2D eigenvalue weighted by Gasteiger charge is 2.40. The van der Waals surface area contributed by atoms with Gasteiger partial charge in [0.05, 0.1) is 63.0 Å². The van der Waals surface area contributed by atoms with E-state index < -0.39 is 63.5 Å². The van der Waals surface area contributed by atoms with Crippen molar-refractivity contribution in [1.29, 1.82) is 0 Å². The second-order valence-electron chi connectivity index (χ2n) is 22.7. The molecule has 4 unspecified atom stereocenters. The number of likely N-dealkylation sites (N-methyl/N-ethyl adjacent to an activating group) is 1. The summed E-state index contributed by atoms with van der Waals surface area (Å²) in [4.78, 5) is 78.0. The number of rotatable bonds is 38. The number of nitrogens with one attached hydrogen (secondary N) is 5. The summed E-state index contributed by atoms with van der Waals surface area (Å²) < 4.78 is 47.7. The molecular weight excluding hydrogens is 1040 g/mol. The maximum absolute atomic E-state index is 14.2. The Balaban J connectivity index is 1.63.